The van der Waals surface area contributed by atoms with E-state index in [0.717, 1.165) is 5.56 Å². The minimum atomic E-state index is -0.626. The van der Waals surface area contributed by atoms with Crippen LogP contribution in [0.2, 0.25) is 0 Å². The number of hydrogen-bond donors (Lipinski definition) is 0. The van der Waals surface area contributed by atoms with E-state index in [4.69, 9.17) is 14.2 Å². The fourth-order valence-electron chi connectivity index (χ4n) is 2.80. The molecule has 1 heterocycles. The van der Waals surface area contributed by atoms with Gasteiger partial charge in [0.25, 0.3) is 5.56 Å². The Morgan fingerprint density at radius 2 is 1.83 bits per heavy atom. The van der Waals surface area contributed by atoms with Gasteiger partial charge >= 0.3 is 5.97 Å². The van der Waals surface area contributed by atoms with E-state index in [1.165, 1.54) is 18.0 Å². The Bertz CT molecular complexity index is 1070. The van der Waals surface area contributed by atoms with Crippen molar-refractivity contribution in [1.82, 2.24) is 9.55 Å². The van der Waals surface area contributed by atoms with Crippen LogP contribution in [0.1, 0.15) is 26.3 Å². The molecule has 0 bridgehead atoms. The molecule has 0 N–H and O–H groups in total. The average Bonchev–Trinajstić information content (AvgIpc) is 2.67. The van der Waals surface area contributed by atoms with Gasteiger partial charge < -0.3 is 14.2 Å². The van der Waals surface area contributed by atoms with E-state index in [0.29, 0.717) is 29.0 Å². The predicted octanol–water partition coefficient (Wildman–Crippen LogP) is 3.33. The molecule has 0 saturated carbocycles. The summed E-state index contributed by atoms with van der Waals surface area (Å²) in [4.78, 5) is 29.2. The van der Waals surface area contributed by atoms with Crippen molar-refractivity contribution >= 4 is 16.9 Å². The van der Waals surface area contributed by atoms with E-state index in [-0.39, 0.29) is 12.1 Å². The maximum absolute atomic E-state index is 12.8. The number of fused-ring (bicyclic) bond motifs is 1. The molecular formula is C22H24N2O5. The summed E-state index contributed by atoms with van der Waals surface area (Å²) in [7, 11) is 1.51. The van der Waals surface area contributed by atoms with Gasteiger partial charge in [-0.15, -0.1) is 0 Å². The standard InChI is InChI=1S/C22H24N2O5/c1-22(2,3)29-20(25)12-24-14-23-17-11-19(18(27-4)10-16(17)21(24)26)28-13-15-8-6-5-7-9-15/h5-11,14H,12-13H2,1-4H3. The zero-order valence-electron chi connectivity index (χ0n) is 17.0. The van der Waals surface area contributed by atoms with Crippen LogP contribution in [-0.4, -0.2) is 28.2 Å². The Morgan fingerprint density at radius 3 is 2.48 bits per heavy atom. The molecule has 0 fully saturated rings. The third kappa shape index (κ3) is 5.13. The van der Waals surface area contributed by atoms with Crippen LogP contribution in [0.15, 0.2) is 53.6 Å². The van der Waals surface area contributed by atoms with Crippen molar-refractivity contribution in [2.24, 2.45) is 0 Å². The van der Waals surface area contributed by atoms with E-state index < -0.39 is 11.6 Å². The summed E-state index contributed by atoms with van der Waals surface area (Å²) in [5, 5.41) is 0.333. The molecular weight excluding hydrogens is 372 g/mol. The van der Waals surface area contributed by atoms with Crippen molar-refractivity contribution in [3.63, 3.8) is 0 Å². The second-order valence-electron chi connectivity index (χ2n) is 7.56. The second kappa shape index (κ2) is 8.34. The van der Waals surface area contributed by atoms with Crippen LogP contribution in [0.5, 0.6) is 11.5 Å². The quantitative estimate of drug-likeness (QED) is 0.595. The molecule has 0 unspecified atom stereocenters. The highest BCUT2D eigenvalue weighted by atomic mass is 16.6. The first-order valence-electron chi connectivity index (χ1n) is 9.22. The second-order valence-corrected chi connectivity index (χ2v) is 7.56. The molecule has 0 aliphatic rings. The smallest absolute Gasteiger partial charge is 0.326 e. The summed E-state index contributed by atoms with van der Waals surface area (Å²) in [6.45, 7) is 5.46. The molecule has 0 aliphatic heterocycles. The Hall–Kier alpha value is -3.35. The van der Waals surface area contributed by atoms with E-state index >= 15 is 0 Å². The van der Waals surface area contributed by atoms with E-state index in [1.54, 1.807) is 32.9 Å². The van der Waals surface area contributed by atoms with Gasteiger partial charge in [0.05, 0.1) is 24.3 Å². The van der Waals surface area contributed by atoms with Gasteiger partial charge in [0.2, 0.25) is 0 Å². The Morgan fingerprint density at radius 1 is 1.10 bits per heavy atom. The van der Waals surface area contributed by atoms with Gasteiger partial charge in [-0.2, -0.15) is 0 Å². The fourth-order valence-corrected chi connectivity index (χ4v) is 2.80. The third-order valence-electron chi connectivity index (χ3n) is 4.07. The molecule has 3 rings (SSSR count). The molecule has 0 spiro atoms. The van der Waals surface area contributed by atoms with E-state index in [1.807, 2.05) is 30.3 Å². The van der Waals surface area contributed by atoms with Crippen LogP contribution in [0, 0.1) is 0 Å². The summed E-state index contributed by atoms with van der Waals surface area (Å²) < 4.78 is 17.8. The highest BCUT2D eigenvalue weighted by molar-refractivity contribution is 5.82. The van der Waals surface area contributed by atoms with E-state index in [9.17, 15) is 9.59 Å². The number of methoxy groups -OCH3 is 1. The lowest BCUT2D eigenvalue weighted by Gasteiger charge is -2.19. The monoisotopic (exact) mass is 396 g/mol. The number of hydrogen-bond acceptors (Lipinski definition) is 6. The van der Waals surface area contributed by atoms with Crippen molar-refractivity contribution in [1.29, 1.82) is 0 Å². The molecule has 0 amide bonds. The zero-order valence-corrected chi connectivity index (χ0v) is 17.0. The molecule has 7 nitrogen and oxygen atoms in total. The first kappa shape index (κ1) is 20.4. The van der Waals surface area contributed by atoms with Gasteiger partial charge in [-0.3, -0.25) is 14.2 Å². The maximum atomic E-state index is 12.8. The Balaban J connectivity index is 1.88. The van der Waals surface area contributed by atoms with Crippen molar-refractivity contribution in [3.05, 3.63) is 64.7 Å². The molecule has 7 heteroatoms. The molecule has 0 saturated heterocycles. The maximum Gasteiger partial charge on any atom is 0.326 e. The number of aromatic nitrogens is 2. The topological polar surface area (TPSA) is 79.7 Å². The van der Waals surface area contributed by atoms with Gasteiger partial charge in [-0.1, -0.05) is 30.3 Å². The lowest BCUT2D eigenvalue weighted by atomic mass is 10.2. The molecule has 0 radical (unpaired) electrons. The van der Waals surface area contributed by atoms with Crippen LogP contribution in [-0.2, 0) is 22.7 Å². The number of carbonyl (C=O) groups excluding carboxylic acids is 1. The number of esters is 1. The normalized spacial score (nSPS) is 11.3. The first-order chi connectivity index (χ1) is 13.8. The summed E-state index contributed by atoms with van der Waals surface area (Å²) >= 11 is 0. The first-order valence-corrected chi connectivity index (χ1v) is 9.22. The van der Waals surface area contributed by atoms with Crippen molar-refractivity contribution in [2.45, 2.75) is 39.5 Å². The van der Waals surface area contributed by atoms with Crippen LogP contribution >= 0.6 is 0 Å². The minimum Gasteiger partial charge on any atom is -0.493 e. The van der Waals surface area contributed by atoms with Crippen molar-refractivity contribution < 1.29 is 19.0 Å². The van der Waals surface area contributed by atoms with Gasteiger partial charge in [0, 0.05) is 6.07 Å². The van der Waals surface area contributed by atoms with Gasteiger partial charge in [0.1, 0.15) is 18.8 Å². The molecule has 0 atom stereocenters. The molecule has 0 aliphatic carbocycles. The minimum absolute atomic E-state index is 0.215. The number of rotatable bonds is 6. The zero-order chi connectivity index (χ0) is 21.0. The van der Waals surface area contributed by atoms with Gasteiger partial charge in [0.15, 0.2) is 11.5 Å². The van der Waals surface area contributed by atoms with Gasteiger partial charge in [-0.05, 0) is 32.4 Å². The van der Waals surface area contributed by atoms with Crippen LogP contribution in [0.25, 0.3) is 10.9 Å². The molecule has 152 valence electrons. The highest BCUT2D eigenvalue weighted by Crippen LogP contribution is 2.31. The predicted molar refractivity (Wildman–Crippen MR) is 109 cm³/mol. The molecule has 29 heavy (non-hydrogen) atoms. The number of ether oxygens (including phenoxy) is 3. The lowest BCUT2D eigenvalue weighted by molar-refractivity contribution is -0.155. The fraction of sp³-hybridized carbons (Fsp3) is 0.318. The van der Waals surface area contributed by atoms with E-state index in [2.05, 4.69) is 4.98 Å². The van der Waals surface area contributed by atoms with Gasteiger partial charge in [-0.25, -0.2) is 4.98 Å². The SMILES string of the molecule is COc1cc2c(=O)n(CC(=O)OC(C)(C)C)cnc2cc1OCc1ccccc1. The summed E-state index contributed by atoms with van der Waals surface area (Å²) in [6, 6.07) is 13.0. The van der Waals surface area contributed by atoms with Crippen molar-refractivity contribution in [3.8, 4) is 11.5 Å². The van der Waals surface area contributed by atoms with Crippen molar-refractivity contribution in [2.75, 3.05) is 7.11 Å². The molecule has 1 aromatic heterocycles. The Labute approximate surface area is 168 Å². The van der Waals surface area contributed by atoms with Crippen LogP contribution < -0.4 is 15.0 Å². The summed E-state index contributed by atoms with van der Waals surface area (Å²) in [5.41, 5.74) is 0.488. The molecule has 3 aromatic rings. The summed E-state index contributed by atoms with van der Waals surface area (Å²) in [6.07, 6.45) is 1.34. The molecule has 2 aromatic carbocycles. The largest absolute Gasteiger partial charge is 0.493 e. The number of nitrogens with zero attached hydrogens (tertiary/aromatic N) is 2. The number of benzene rings is 2. The number of carbonyl (C=O) groups is 1. The third-order valence-corrected chi connectivity index (χ3v) is 4.07. The average molecular weight is 396 g/mol. The van der Waals surface area contributed by atoms with Crippen LogP contribution in [0.4, 0.5) is 0 Å². The Kier molecular flexibility index (Phi) is 5.87. The summed E-state index contributed by atoms with van der Waals surface area (Å²) in [5.74, 6) is 0.401. The highest BCUT2D eigenvalue weighted by Gasteiger charge is 2.18. The van der Waals surface area contributed by atoms with Crippen LogP contribution in [0.3, 0.4) is 0 Å². The lowest BCUT2D eigenvalue weighted by Crippen LogP contribution is -2.30.